The molecule has 3 heterocycles. The predicted molar refractivity (Wildman–Crippen MR) is 147 cm³/mol. The molecule has 1 amide bonds. The van der Waals surface area contributed by atoms with Crippen molar-refractivity contribution in [2.45, 2.75) is 65.2 Å². The number of ether oxygens (including phenoxy) is 1. The summed E-state index contributed by atoms with van der Waals surface area (Å²) in [6.45, 7) is 11.1. The zero-order valence-electron chi connectivity index (χ0n) is 23.1. The Balaban J connectivity index is 1.25. The van der Waals surface area contributed by atoms with Gasteiger partial charge in [-0.25, -0.2) is 4.79 Å². The third-order valence-corrected chi connectivity index (χ3v) is 7.00. The van der Waals surface area contributed by atoms with E-state index in [1.165, 1.54) is 11.1 Å². The number of benzene rings is 2. The summed E-state index contributed by atoms with van der Waals surface area (Å²) in [5.41, 5.74) is 4.03. The van der Waals surface area contributed by atoms with Crippen LogP contribution in [0.1, 0.15) is 56.0 Å². The summed E-state index contributed by atoms with van der Waals surface area (Å²) >= 11 is 0. The van der Waals surface area contributed by atoms with E-state index in [0.717, 1.165) is 16.8 Å². The van der Waals surface area contributed by atoms with E-state index in [9.17, 15) is 9.90 Å². The lowest BCUT2D eigenvalue weighted by molar-refractivity contribution is -0.0356. The van der Waals surface area contributed by atoms with Gasteiger partial charge in [-0.1, -0.05) is 59.3 Å². The highest BCUT2D eigenvalue weighted by atomic mass is 16.6. The van der Waals surface area contributed by atoms with E-state index in [-0.39, 0.29) is 6.09 Å². The van der Waals surface area contributed by atoms with Crippen molar-refractivity contribution in [3.8, 4) is 23.0 Å². The topological polar surface area (TPSA) is 107 Å². The molecule has 1 aliphatic rings. The van der Waals surface area contributed by atoms with Crippen molar-refractivity contribution >= 4 is 6.09 Å². The molecule has 0 spiro atoms. The van der Waals surface area contributed by atoms with Gasteiger partial charge in [0.1, 0.15) is 5.60 Å². The Labute approximate surface area is 228 Å². The van der Waals surface area contributed by atoms with Gasteiger partial charge >= 0.3 is 6.09 Å². The fraction of sp³-hybridized carbons (Fsp3) is 0.400. The number of hydrogen-bond donors (Lipinski definition) is 1. The van der Waals surface area contributed by atoms with Crippen LogP contribution in [-0.2, 0) is 16.9 Å². The van der Waals surface area contributed by atoms with Crippen molar-refractivity contribution in [3.05, 3.63) is 77.0 Å². The SMILES string of the molecule is Cc1ccc(Cn2nc(-c3nc(-c4ccc(C5(O)CCN(C(=O)OC(C)(C)C)CC5)cc4)no3)cc2C)cc1. The third kappa shape index (κ3) is 6.04. The van der Waals surface area contributed by atoms with Gasteiger partial charge in [0.2, 0.25) is 5.82 Å². The molecule has 0 radical (unpaired) electrons. The van der Waals surface area contributed by atoms with Crippen molar-refractivity contribution in [1.29, 1.82) is 0 Å². The molecule has 39 heavy (non-hydrogen) atoms. The molecule has 1 saturated heterocycles. The first kappa shape index (κ1) is 26.6. The summed E-state index contributed by atoms with van der Waals surface area (Å²) in [6, 6.07) is 17.9. The monoisotopic (exact) mass is 529 g/mol. The average molecular weight is 530 g/mol. The molecular formula is C30H35N5O4. The lowest BCUT2D eigenvalue weighted by Gasteiger charge is -2.39. The average Bonchev–Trinajstić information content (AvgIpc) is 3.52. The Morgan fingerprint density at radius 1 is 1.05 bits per heavy atom. The summed E-state index contributed by atoms with van der Waals surface area (Å²) in [5, 5.41) is 20.1. The summed E-state index contributed by atoms with van der Waals surface area (Å²) in [6.07, 6.45) is 0.522. The van der Waals surface area contributed by atoms with Crippen LogP contribution in [0.25, 0.3) is 23.0 Å². The van der Waals surface area contributed by atoms with E-state index in [2.05, 4.69) is 46.4 Å². The first-order valence-electron chi connectivity index (χ1n) is 13.2. The fourth-order valence-electron chi connectivity index (χ4n) is 4.69. The van der Waals surface area contributed by atoms with Gasteiger partial charge < -0.3 is 19.3 Å². The largest absolute Gasteiger partial charge is 0.444 e. The zero-order chi connectivity index (χ0) is 27.8. The van der Waals surface area contributed by atoms with Crippen LogP contribution < -0.4 is 0 Å². The van der Waals surface area contributed by atoms with E-state index >= 15 is 0 Å². The molecule has 0 saturated carbocycles. The van der Waals surface area contributed by atoms with Crippen molar-refractivity contribution in [2.75, 3.05) is 13.1 Å². The number of amides is 1. The minimum Gasteiger partial charge on any atom is -0.444 e. The number of aryl methyl sites for hydroxylation is 2. The number of aromatic nitrogens is 4. The van der Waals surface area contributed by atoms with Crippen molar-refractivity contribution in [3.63, 3.8) is 0 Å². The number of carbonyl (C=O) groups excluding carboxylic acids is 1. The number of nitrogens with zero attached hydrogens (tertiary/aromatic N) is 5. The number of rotatable bonds is 5. The molecule has 204 valence electrons. The molecule has 1 N–H and O–H groups in total. The second kappa shape index (κ2) is 10.3. The molecule has 9 heteroatoms. The molecule has 0 atom stereocenters. The minimum absolute atomic E-state index is 0.344. The van der Waals surface area contributed by atoms with E-state index in [0.29, 0.717) is 49.9 Å². The summed E-state index contributed by atoms with van der Waals surface area (Å²) in [4.78, 5) is 18.6. The van der Waals surface area contributed by atoms with E-state index in [4.69, 9.17) is 9.26 Å². The smallest absolute Gasteiger partial charge is 0.410 e. The highest BCUT2D eigenvalue weighted by Gasteiger charge is 2.36. The molecule has 1 aliphatic heterocycles. The van der Waals surface area contributed by atoms with Crippen LogP contribution in [0.2, 0.25) is 0 Å². The highest BCUT2D eigenvalue weighted by Crippen LogP contribution is 2.34. The lowest BCUT2D eigenvalue weighted by Crippen LogP contribution is -2.46. The zero-order valence-corrected chi connectivity index (χ0v) is 23.1. The van der Waals surface area contributed by atoms with Crippen LogP contribution in [0.4, 0.5) is 4.79 Å². The van der Waals surface area contributed by atoms with Gasteiger partial charge in [-0.05, 0) is 64.7 Å². The quantitative estimate of drug-likeness (QED) is 0.365. The normalized spacial score (nSPS) is 15.4. The second-order valence-electron chi connectivity index (χ2n) is 11.3. The second-order valence-corrected chi connectivity index (χ2v) is 11.3. The first-order chi connectivity index (χ1) is 18.5. The number of aliphatic hydroxyl groups is 1. The number of carbonyl (C=O) groups is 1. The molecule has 2 aromatic heterocycles. The summed E-state index contributed by atoms with van der Waals surface area (Å²) in [7, 11) is 0. The van der Waals surface area contributed by atoms with Gasteiger partial charge in [-0.15, -0.1) is 0 Å². The lowest BCUT2D eigenvalue weighted by atomic mass is 9.84. The highest BCUT2D eigenvalue weighted by molar-refractivity contribution is 5.68. The Kier molecular flexibility index (Phi) is 7.03. The minimum atomic E-state index is -1.01. The Morgan fingerprint density at radius 2 is 1.72 bits per heavy atom. The fourth-order valence-corrected chi connectivity index (χ4v) is 4.69. The number of piperidine rings is 1. The molecule has 0 bridgehead atoms. The molecule has 0 unspecified atom stereocenters. The van der Waals surface area contributed by atoms with Crippen LogP contribution in [0.5, 0.6) is 0 Å². The molecule has 9 nitrogen and oxygen atoms in total. The van der Waals surface area contributed by atoms with Gasteiger partial charge in [0, 0.05) is 24.3 Å². The summed E-state index contributed by atoms with van der Waals surface area (Å²) < 4.78 is 12.9. The van der Waals surface area contributed by atoms with Gasteiger partial charge in [0.15, 0.2) is 5.69 Å². The number of hydrogen-bond acceptors (Lipinski definition) is 7. The summed E-state index contributed by atoms with van der Waals surface area (Å²) in [5.74, 6) is 0.807. The Bertz CT molecular complexity index is 1440. The van der Waals surface area contributed by atoms with Gasteiger partial charge in [-0.3, -0.25) is 4.68 Å². The van der Waals surface area contributed by atoms with E-state index in [1.807, 2.05) is 62.7 Å². The van der Waals surface area contributed by atoms with Crippen LogP contribution in [0, 0.1) is 13.8 Å². The number of likely N-dealkylation sites (tertiary alicyclic amines) is 1. The van der Waals surface area contributed by atoms with Crippen LogP contribution >= 0.6 is 0 Å². The van der Waals surface area contributed by atoms with Crippen LogP contribution in [0.15, 0.2) is 59.1 Å². The first-order valence-corrected chi connectivity index (χ1v) is 13.2. The molecular weight excluding hydrogens is 494 g/mol. The molecule has 0 aliphatic carbocycles. The van der Waals surface area contributed by atoms with Gasteiger partial charge in [0.05, 0.1) is 12.1 Å². The van der Waals surface area contributed by atoms with E-state index in [1.54, 1.807) is 4.90 Å². The Morgan fingerprint density at radius 3 is 2.36 bits per heavy atom. The maximum atomic E-state index is 12.4. The maximum absolute atomic E-state index is 12.4. The predicted octanol–water partition coefficient (Wildman–Crippen LogP) is 5.48. The maximum Gasteiger partial charge on any atom is 0.410 e. The van der Waals surface area contributed by atoms with Crippen LogP contribution in [0.3, 0.4) is 0 Å². The Hall–Kier alpha value is -3.98. The molecule has 1 fully saturated rings. The van der Waals surface area contributed by atoms with Gasteiger partial charge in [-0.2, -0.15) is 10.1 Å². The standard InChI is InChI=1S/C30H35N5O4/c1-20-6-8-22(9-7-20)19-35-21(2)18-25(32-35)27-31-26(33-39-27)23-10-12-24(13-11-23)30(37)14-16-34(17-15-30)28(36)38-29(3,4)5/h6-13,18,37H,14-17,19H2,1-5H3. The molecule has 4 aromatic rings. The van der Waals surface area contributed by atoms with E-state index < -0.39 is 11.2 Å². The van der Waals surface area contributed by atoms with Crippen molar-refractivity contribution in [1.82, 2.24) is 24.8 Å². The van der Waals surface area contributed by atoms with Crippen LogP contribution in [-0.4, -0.2) is 54.7 Å². The van der Waals surface area contributed by atoms with Crippen molar-refractivity contribution in [2.24, 2.45) is 0 Å². The third-order valence-electron chi connectivity index (χ3n) is 7.00. The molecule has 2 aromatic carbocycles. The van der Waals surface area contributed by atoms with Gasteiger partial charge in [0.25, 0.3) is 5.89 Å². The van der Waals surface area contributed by atoms with Crippen molar-refractivity contribution < 1.29 is 19.2 Å². The molecule has 5 rings (SSSR count).